The molecule has 0 amide bonds. The van der Waals surface area contributed by atoms with Crippen molar-refractivity contribution in [3.05, 3.63) is 11.3 Å². The maximum absolute atomic E-state index is 9.62. The molecule has 0 spiro atoms. The van der Waals surface area contributed by atoms with Crippen LogP contribution in [0.5, 0.6) is 0 Å². The molecule has 0 radical (unpaired) electrons. The Morgan fingerprint density at radius 2 is 1.75 bits per heavy atom. The van der Waals surface area contributed by atoms with Gasteiger partial charge in [0.1, 0.15) is 5.57 Å². The number of hydrogen-bond acceptors (Lipinski definition) is 3. The van der Waals surface area contributed by atoms with Gasteiger partial charge in [-0.25, -0.2) is 4.79 Å². The van der Waals surface area contributed by atoms with Gasteiger partial charge in [-0.3, -0.25) is 9.59 Å². The van der Waals surface area contributed by atoms with Crippen molar-refractivity contribution in [2.75, 3.05) is 0 Å². The molecule has 0 aromatic carbocycles. The van der Waals surface area contributed by atoms with E-state index < -0.39 is 0 Å². The number of carbonyl (C=O) groups excluding carboxylic acids is 3. The van der Waals surface area contributed by atoms with E-state index in [0.717, 1.165) is 0 Å². The summed E-state index contributed by atoms with van der Waals surface area (Å²) in [7, 11) is 0. The van der Waals surface area contributed by atoms with E-state index in [1.165, 1.54) is 5.94 Å². The quantitative estimate of drug-likeness (QED) is 0.118. The van der Waals surface area contributed by atoms with Crippen LogP contribution >= 0.6 is 0 Å². The molecule has 0 heterocycles. The lowest BCUT2D eigenvalue weighted by atomic mass is 10.4. The summed E-state index contributed by atoms with van der Waals surface area (Å²) in [6, 6.07) is 0. The topological polar surface area (TPSA) is 51.2 Å². The molecule has 0 unspecified atom stereocenters. The van der Waals surface area contributed by atoms with Crippen molar-refractivity contribution in [2.45, 2.75) is 0 Å². The molecule has 0 N–H and O–H groups in total. The van der Waals surface area contributed by atoms with Gasteiger partial charge in [-0.2, -0.15) is 0 Å². The third-order valence-corrected chi connectivity index (χ3v) is 0.449. The Labute approximate surface area is 45.3 Å². The Morgan fingerprint density at radius 1 is 1.25 bits per heavy atom. The van der Waals surface area contributed by atoms with Gasteiger partial charge in [-0.1, -0.05) is 0 Å². The molecule has 0 bridgehead atoms. The van der Waals surface area contributed by atoms with Crippen molar-refractivity contribution in [2.24, 2.45) is 0 Å². The molecule has 0 rings (SSSR count). The van der Waals surface area contributed by atoms with E-state index in [4.69, 9.17) is 0 Å². The van der Waals surface area contributed by atoms with E-state index in [-0.39, 0.29) is 18.1 Å². The van der Waals surface area contributed by atoms with E-state index in [1.54, 1.807) is 5.73 Å². The Kier molecular flexibility index (Phi) is 3.08. The van der Waals surface area contributed by atoms with Gasteiger partial charge in [0.2, 0.25) is 0 Å². The summed E-state index contributed by atoms with van der Waals surface area (Å²) in [5, 5.41) is 0. The summed E-state index contributed by atoms with van der Waals surface area (Å²) in [4.78, 5) is 28.6. The van der Waals surface area contributed by atoms with Crippen molar-refractivity contribution in [3.8, 4) is 0 Å². The highest BCUT2D eigenvalue weighted by Gasteiger charge is 1.84. The van der Waals surface area contributed by atoms with Crippen molar-refractivity contribution >= 4 is 18.5 Å². The monoisotopic (exact) mass is 110 g/mol. The Balaban J connectivity index is 4.56. The Hall–Kier alpha value is -1.43. The second kappa shape index (κ2) is 3.75. The standard InChI is InChI=1S/C5H2O3/c6-2-1-5(3-7)4-8/h3-4H. The van der Waals surface area contributed by atoms with Crippen LogP contribution in [0.3, 0.4) is 0 Å². The zero-order valence-corrected chi connectivity index (χ0v) is 3.88. The summed E-state index contributed by atoms with van der Waals surface area (Å²) in [6.07, 6.45) is 0.468. The molecular formula is C5H2O3. The van der Waals surface area contributed by atoms with Crippen LogP contribution in [0.2, 0.25) is 0 Å². The molecule has 0 aliphatic rings. The van der Waals surface area contributed by atoms with E-state index in [1.807, 2.05) is 0 Å². The average Bonchev–Trinajstić information content (AvgIpc) is 1.83. The molecule has 0 fully saturated rings. The first-order valence-corrected chi connectivity index (χ1v) is 1.75. The maximum atomic E-state index is 9.62. The Bertz CT molecular complexity index is 170. The zero-order valence-electron chi connectivity index (χ0n) is 3.88. The zero-order chi connectivity index (χ0) is 6.41. The highest BCUT2D eigenvalue weighted by Crippen LogP contribution is 1.71. The van der Waals surface area contributed by atoms with Crippen LogP contribution in [0.25, 0.3) is 0 Å². The van der Waals surface area contributed by atoms with Gasteiger partial charge >= 0.3 is 0 Å². The van der Waals surface area contributed by atoms with E-state index in [9.17, 15) is 14.4 Å². The molecule has 3 nitrogen and oxygen atoms in total. The predicted molar refractivity (Wildman–Crippen MR) is 24.8 cm³/mol. The van der Waals surface area contributed by atoms with Gasteiger partial charge in [0.25, 0.3) is 0 Å². The first kappa shape index (κ1) is 6.57. The SMILES string of the molecule is O=C=C=C(C=O)C=O. The molecule has 0 saturated carbocycles. The smallest absolute Gasteiger partial charge is 0.177 e. The highest BCUT2D eigenvalue weighted by molar-refractivity contribution is 5.99. The second-order valence-corrected chi connectivity index (χ2v) is 0.918. The van der Waals surface area contributed by atoms with Gasteiger partial charge in [0.05, 0.1) is 0 Å². The van der Waals surface area contributed by atoms with E-state index in [0.29, 0.717) is 0 Å². The van der Waals surface area contributed by atoms with Crippen molar-refractivity contribution in [3.63, 3.8) is 0 Å². The molecule has 0 aliphatic heterocycles. The lowest BCUT2D eigenvalue weighted by molar-refractivity contribution is -0.109. The molecule has 8 heavy (non-hydrogen) atoms. The third kappa shape index (κ3) is 1.88. The summed E-state index contributed by atoms with van der Waals surface area (Å²) in [5.74, 6) is 1.17. The van der Waals surface area contributed by atoms with Crippen LogP contribution in [-0.2, 0) is 14.4 Å². The van der Waals surface area contributed by atoms with Crippen LogP contribution < -0.4 is 0 Å². The molecule has 0 saturated heterocycles. The second-order valence-electron chi connectivity index (χ2n) is 0.918. The lowest BCUT2D eigenvalue weighted by Crippen LogP contribution is -1.80. The fourth-order valence-electron chi connectivity index (χ4n) is 0.146. The molecule has 3 heteroatoms. The van der Waals surface area contributed by atoms with E-state index >= 15 is 0 Å². The van der Waals surface area contributed by atoms with Gasteiger partial charge in [0, 0.05) is 0 Å². The first-order valence-electron chi connectivity index (χ1n) is 1.75. The first-order chi connectivity index (χ1) is 3.85. The lowest BCUT2D eigenvalue weighted by Gasteiger charge is -1.65. The van der Waals surface area contributed by atoms with Crippen LogP contribution in [0, 0.1) is 0 Å². The molecular weight excluding hydrogens is 108 g/mol. The molecule has 0 atom stereocenters. The average molecular weight is 110 g/mol. The van der Waals surface area contributed by atoms with Crippen molar-refractivity contribution in [1.82, 2.24) is 0 Å². The van der Waals surface area contributed by atoms with Gasteiger partial charge < -0.3 is 0 Å². The number of rotatable bonds is 2. The normalized spacial score (nSPS) is 6.00. The van der Waals surface area contributed by atoms with Crippen LogP contribution in [-0.4, -0.2) is 18.5 Å². The maximum Gasteiger partial charge on any atom is 0.177 e. The van der Waals surface area contributed by atoms with Gasteiger partial charge in [0.15, 0.2) is 18.5 Å². The van der Waals surface area contributed by atoms with Crippen LogP contribution in [0.1, 0.15) is 0 Å². The predicted octanol–water partition coefficient (Wildman–Crippen LogP) is -0.703. The number of hydrogen-bond donors (Lipinski definition) is 0. The van der Waals surface area contributed by atoms with E-state index in [2.05, 4.69) is 0 Å². The van der Waals surface area contributed by atoms with Crippen molar-refractivity contribution < 1.29 is 14.4 Å². The minimum atomic E-state index is -0.319. The number of allylic oxidation sites excluding steroid dienone is 1. The summed E-state index contributed by atoms with van der Waals surface area (Å²) < 4.78 is 0. The molecule has 0 aromatic heterocycles. The number of aldehydes is 2. The summed E-state index contributed by atoms with van der Waals surface area (Å²) in [6.45, 7) is 0. The minimum absolute atomic E-state index is 0.234. The van der Waals surface area contributed by atoms with Gasteiger partial charge in [-0.15, -0.1) is 0 Å². The van der Waals surface area contributed by atoms with Crippen molar-refractivity contribution in [1.29, 1.82) is 0 Å². The third-order valence-electron chi connectivity index (χ3n) is 0.449. The summed E-state index contributed by atoms with van der Waals surface area (Å²) >= 11 is 0. The molecule has 0 aliphatic carbocycles. The fraction of sp³-hybridized carbons (Fsp3) is 0. The number of carbonyl (C=O) groups is 2. The van der Waals surface area contributed by atoms with Crippen LogP contribution in [0.15, 0.2) is 11.3 Å². The minimum Gasteiger partial charge on any atom is -0.297 e. The summed E-state index contributed by atoms with van der Waals surface area (Å²) in [5.41, 5.74) is 1.44. The molecule has 40 valence electrons. The Morgan fingerprint density at radius 3 is 1.88 bits per heavy atom. The van der Waals surface area contributed by atoms with Gasteiger partial charge in [-0.05, 0) is 5.73 Å². The molecule has 0 aromatic rings. The largest absolute Gasteiger partial charge is 0.297 e. The van der Waals surface area contributed by atoms with Crippen LogP contribution in [0.4, 0.5) is 0 Å². The highest BCUT2D eigenvalue weighted by atomic mass is 16.1. The fourth-order valence-corrected chi connectivity index (χ4v) is 0.146.